The van der Waals surface area contributed by atoms with Gasteiger partial charge in [-0.15, -0.1) is 0 Å². The predicted molar refractivity (Wildman–Crippen MR) is 146 cm³/mol. The van der Waals surface area contributed by atoms with Crippen LogP contribution in [0.3, 0.4) is 0 Å². The van der Waals surface area contributed by atoms with Crippen LogP contribution in [-0.4, -0.2) is 34.1 Å². The smallest absolute Gasteiger partial charge is 0.305 e. The number of rotatable bonds is 7. The monoisotopic (exact) mass is 527 g/mol. The van der Waals surface area contributed by atoms with E-state index in [4.69, 9.17) is 34.8 Å². The van der Waals surface area contributed by atoms with Crippen molar-refractivity contribution in [3.63, 3.8) is 0 Å². The highest BCUT2D eigenvalue weighted by Crippen LogP contribution is 2.32. The number of imidazole rings is 1. The third kappa shape index (κ3) is 5.62. The Morgan fingerprint density at radius 2 is 1.40 bits per heavy atom. The fourth-order valence-electron chi connectivity index (χ4n) is 5.30. The number of piperidine rings is 1. The number of hydrogen-bond acceptors (Lipinski definition) is 2. The van der Waals surface area contributed by atoms with Gasteiger partial charge < -0.3 is 9.88 Å². The summed E-state index contributed by atoms with van der Waals surface area (Å²) in [7, 11) is 0. The summed E-state index contributed by atoms with van der Waals surface area (Å²) in [6, 6.07) is 22.2. The van der Waals surface area contributed by atoms with Crippen molar-refractivity contribution in [1.29, 1.82) is 0 Å². The molecule has 182 valence electrons. The summed E-state index contributed by atoms with van der Waals surface area (Å²) in [6.45, 7) is 3.02. The molecule has 0 saturated carbocycles. The van der Waals surface area contributed by atoms with E-state index in [-0.39, 0.29) is 11.7 Å². The third-order valence-electron chi connectivity index (χ3n) is 7.11. The van der Waals surface area contributed by atoms with Crippen molar-refractivity contribution < 1.29 is 0 Å². The van der Waals surface area contributed by atoms with Gasteiger partial charge in [0.2, 0.25) is 0 Å². The maximum Gasteiger partial charge on any atom is 0.326 e. The van der Waals surface area contributed by atoms with E-state index in [0.29, 0.717) is 10.9 Å². The number of benzene rings is 3. The first-order valence-corrected chi connectivity index (χ1v) is 13.2. The zero-order valence-corrected chi connectivity index (χ0v) is 21.7. The SMILES string of the molecule is O=c1[nH]c2cc(Cl)ccc2n1C1CCN(CCCC(c2ccc(Cl)cc2)c2ccc(Cl)cc2)CC1. The van der Waals surface area contributed by atoms with Crippen molar-refractivity contribution in [2.45, 2.75) is 37.6 Å². The Morgan fingerprint density at radius 3 is 2.00 bits per heavy atom. The maximum atomic E-state index is 12.6. The van der Waals surface area contributed by atoms with Crippen LogP contribution in [0.25, 0.3) is 11.0 Å². The van der Waals surface area contributed by atoms with Crippen LogP contribution in [0.5, 0.6) is 0 Å². The summed E-state index contributed by atoms with van der Waals surface area (Å²) in [6.07, 6.45) is 4.07. The molecule has 4 aromatic rings. The molecule has 4 nitrogen and oxygen atoms in total. The van der Waals surface area contributed by atoms with Crippen molar-refractivity contribution in [2.24, 2.45) is 0 Å². The van der Waals surface area contributed by atoms with Gasteiger partial charge in [-0.3, -0.25) is 4.57 Å². The summed E-state index contributed by atoms with van der Waals surface area (Å²) < 4.78 is 1.92. The highest BCUT2D eigenvalue weighted by atomic mass is 35.5. The highest BCUT2D eigenvalue weighted by Gasteiger charge is 2.24. The number of nitrogens with zero attached hydrogens (tertiary/aromatic N) is 2. The predicted octanol–water partition coefficient (Wildman–Crippen LogP) is 7.54. The largest absolute Gasteiger partial charge is 0.326 e. The second-order valence-electron chi connectivity index (χ2n) is 9.33. The van der Waals surface area contributed by atoms with Gasteiger partial charge in [0.15, 0.2) is 0 Å². The molecule has 3 aromatic carbocycles. The maximum absolute atomic E-state index is 12.6. The van der Waals surface area contributed by atoms with Crippen LogP contribution < -0.4 is 5.69 Å². The molecule has 0 bridgehead atoms. The molecule has 1 aliphatic heterocycles. The topological polar surface area (TPSA) is 41.0 Å². The number of aromatic nitrogens is 2. The lowest BCUT2D eigenvalue weighted by Gasteiger charge is -2.33. The quantitative estimate of drug-likeness (QED) is 0.269. The van der Waals surface area contributed by atoms with Gasteiger partial charge in [-0.25, -0.2) is 4.79 Å². The van der Waals surface area contributed by atoms with E-state index >= 15 is 0 Å². The molecule has 2 heterocycles. The van der Waals surface area contributed by atoms with Gasteiger partial charge in [0, 0.05) is 40.1 Å². The average molecular weight is 529 g/mol. The Bertz CT molecular complexity index is 1290. The Hall–Kier alpha value is -2.24. The molecule has 1 N–H and O–H groups in total. The molecule has 0 atom stereocenters. The van der Waals surface area contributed by atoms with Gasteiger partial charge in [-0.2, -0.15) is 0 Å². The lowest BCUT2D eigenvalue weighted by Crippen LogP contribution is -2.37. The van der Waals surface area contributed by atoms with Crippen LogP contribution in [0.2, 0.25) is 15.1 Å². The Balaban J connectivity index is 1.21. The highest BCUT2D eigenvalue weighted by molar-refractivity contribution is 6.31. The number of hydrogen-bond donors (Lipinski definition) is 1. The van der Waals surface area contributed by atoms with E-state index in [0.717, 1.165) is 66.4 Å². The lowest BCUT2D eigenvalue weighted by atomic mass is 9.87. The summed E-state index contributed by atoms with van der Waals surface area (Å²) in [5, 5.41) is 2.14. The van der Waals surface area contributed by atoms with Gasteiger partial charge in [-0.1, -0.05) is 59.1 Å². The van der Waals surface area contributed by atoms with E-state index in [1.54, 1.807) is 0 Å². The van der Waals surface area contributed by atoms with Crippen molar-refractivity contribution in [3.8, 4) is 0 Å². The summed E-state index contributed by atoms with van der Waals surface area (Å²) in [5.41, 5.74) is 4.24. The lowest BCUT2D eigenvalue weighted by molar-refractivity contribution is 0.183. The fourth-order valence-corrected chi connectivity index (χ4v) is 5.73. The summed E-state index contributed by atoms with van der Waals surface area (Å²) in [4.78, 5) is 18.1. The van der Waals surface area contributed by atoms with E-state index in [1.807, 2.05) is 47.0 Å². The molecule has 0 radical (unpaired) electrons. The molecule has 0 aliphatic carbocycles. The van der Waals surface area contributed by atoms with Gasteiger partial charge in [0.05, 0.1) is 11.0 Å². The van der Waals surface area contributed by atoms with Crippen LogP contribution in [-0.2, 0) is 0 Å². The van der Waals surface area contributed by atoms with Gasteiger partial charge in [0.25, 0.3) is 0 Å². The molecule has 1 aliphatic rings. The van der Waals surface area contributed by atoms with Crippen LogP contribution >= 0.6 is 34.8 Å². The molecule has 0 spiro atoms. The standard InChI is InChI=1S/C28H28Cl3N3O/c29-21-7-3-19(4-8-21)25(20-5-9-22(30)10-6-20)2-1-15-33-16-13-24(14-17-33)34-27-12-11-23(31)18-26(27)32-28(34)35/h3-12,18,24-25H,1-2,13-17H2,(H,32,35). The molecule has 1 saturated heterocycles. The number of H-pyrrole nitrogens is 1. The minimum atomic E-state index is -0.0468. The van der Waals surface area contributed by atoms with E-state index < -0.39 is 0 Å². The van der Waals surface area contributed by atoms with Crippen molar-refractivity contribution >= 4 is 45.8 Å². The van der Waals surface area contributed by atoms with Crippen LogP contribution in [0.15, 0.2) is 71.5 Å². The van der Waals surface area contributed by atoms with Crippen molar-refractivity contribution in [1.82, 2.24) is 14.5 Å². The van der Waals surface area contributed by atoms with Crippen LogP contribution in [0, 0.1) is 0 Å². The second-order valence-corrected chi connectivity index (χ2v) is 10.6. The summed E-state index contributed by atoms with van der Waals surface area (Å²) in [5.74, 6) is 0.304. The van der Waals surface area contributed by atoms with Crippen LogP contribution in [0.1, 0.15) is 48.8 Å². The van der Waals surface area contributed by atoms with Crippen LogP contribution in [0.4, 0.5) is 0 Å². The Morgan fingerprint density at radius 1 is 0.829 bits per heavy atom. The number of likely N-dealkylation sites (tertiary alicyclic amines) is 1. The van der Waals surface area contributed by atoms with Crippen molar-refractivity contribution in [3.05, 3.63) is 103 Å². The Kier molecular flexibility index (Phi) is 7.54. The second kappa shape index (κ2) is 10.8. The Labute approximate surface area is 220 Å². The minimum absolute atomic E-state index is 0.0468. The zero-order chi connectivity index (χ0) is 24.4. The molecule has 1 aromatic heterocycles. The molecule has 0 unspecified atom stereocenters. The normalized spacial score (nSPS) is 15.3. The molecule has 5 rings (SSSR count). The minimum Gasteiger partial charge on any atom is -0.305 e. The number of halogens is 3. The van der Waals surface area contributed by atoms with Gasteiger partial charge in [0.1, 0.15) is 0 Å². The van der Waals surface area contributed by atoms with E-state index in [2.05, 4.69) is 34.1 Å². The van der Waals surface area contributed by atoms with Gasteiger partial charge in [-0.05, 0) is 85.8 Å². The molecular weight excluding hydrogens is 501 g/mol. The molecule has 7 heteroatoms. The third-order valence-corrected chi connectivity index (χ3v) is 7.85. The van der Waals surface area contributed by atoms with Gasteiger partial charge >= 0.3 is 5.69 Å². The zero-order valence-electron chi connectivity index (χ0n) is 19.4. The van der Waals surface area contributed by atoms with E-state index in [9.17, 15) is 4.79 Å². The first-order valence-electron chi connectivity index (χ1n) is 12.1. The van der Waals surface area contributed by atoms with Crippen molar-refractivity contribution in [2.75, 3.05) is 19.6 Å². The first kappa shape index (κ1) is 24.5. The molecule has 1 fully saturated rings. The fraction of sp³-hybridized carbons (Fsp3) is 0.321. The summed E-state index contributed by atoms with van der Waals surface area (Å²) >= 11 is 18.4. The molecule has 35 heavy (non-hydrogen) atoms. The molecule has 0 amide bonds. The number of aromatic amines is 1. The van der Waals surface area contributed by atoms with E-state index in [1.165, 1.54) is 11.1 Å². The average Bonchev–Trinajstić information content (AvgIpc) is 3.18. The number of fused-ring (bicyclic) bond motifs is 1. The molecular formula is C28H28Cl3N3O. The first-order chi connectivity index (χ1) is 17.0. The number of nitrogens with one attached hydrogen (secondary N) is 1.